The molecule has 21 heavy (non-hydrogen) atoms. The Bertz CT molecular complexity index is 586. The Labute approximate surface area is 129 Å². The lowest BCUT2D eigenvalue weighted by atomic mass is 10.2. The summed E-state index contributed by atoms with van der Waals surface area (Å²) in [5.74, 6) is 0.609. The van der Waals surface area contributed by atoms with Crippen molar-refractivity contribution < 1.29 is 26.5 Å². The summed E-state index contributed by atoms with van der Waals surface area (Å²) in [5, 5.41) is 3.91. The van der Waals surface area contributed by atoms with Crippen LogP contribution in [0.25, 0.3) is 0 Å². The molecular formula is C15H16ClN3O2. The third kappa shape index (κ3) is 5.62. The summed E-state index contributed by atoms with van der Waals surface area (Å²) in [6.07, 6.45) is 5.24. The van der Waals surface area contributed by atoms with Crippen molar-refractivity contribution in [2.24, 2.45) is 5.10 Å². The van der Waals surface area contributed by atoms with Gasteiger partial charge < -0.3 is 17.1 Å². The van der Waals surface area contributed by atoms with E-state index in [4.69, 9.17) is 4.74 Å². The first kappa shape index (κ1) is 16.7. The average molecular weight is 306 g/mol. The maximum Gasteiger partial charge on any atom is 0.305 e. The van der Waals surface area contributed by atoms with E-state index in [9.17, 15) is 4.79 Å². The molecule has 0 aliphatic rings. The van der Waals surface area contributed by atoms with Gasteiger partial charge >= 0.3 is 5.91 Å². The average Bonchev–Trinajstić information content (AvgIpc) is 2.49. The van der Waals surface area contributed by atoms with Crippen molar-refractivity contribution in [1.82, 2.24) is 5.43 Å². The number of aromatic nitrogens is 1. The summed E-state index contributed by atoms with van der Waals surface area (Å²) in [6, 6.07) is 13.0. The number of pyridine rings is 1. The van der Waals surface area contributed by atoms with E-state index in [2.05, 4.69) is 10.5 Å². The van der Waals surface area contributed by atoms with Gasteiger partial charge in [-0.2, -0.15) is 9.67 Å². The van der Waals surface area contributed by atoms with Crippen molar-refractivity contribution in [2.75, 3.05) is 7.11 Å². The summed E-state index contributed by atoms with van der Waals surface area (Å²) >= 11 is 0. The van der Waals surface area contributed by atoms with E-state index in [1.807, 2.05) is 54.9 Å². The zero-order valence-corrected chi connectivity index (χ0v) is 12.3. The van der Waals surface area contributed by atoms with Gasteiger partial charge in [-0.1, -0.05) is 6.07 Å². The number of halogens is 1. The van der Waals surface area contributed by atoms with Gasteiger partial charge in [-0.05, 0) is 29.8 Å². The van der Waals surface area contributed by atoms with E-state index in [1.54, 1.807) is 17.9 Å². The molecule has 1 amide bonds. The Hall–Kier alpha value is -2.40. The lowest BCUT2D eigenvalue weighted by molar-refractivity contribution is -0.684. The molecule has 0 unspecified atom stereocenters. The number of amides is 1. The minimum atomic E-state index is -0.175. The summed E-state index contributed by atoms with van der Waals surface area (Å²) in [7, 11) is 1.62. The molecule has 0 aliphatic carbocycles. The minimum Gasteiger partial charge on any atom is -1.00 e. The lowest BCUT2D eigenvalue weighted by Crippen LogP contribution is -3.00. The number of nitrogens with zero attached hydrogens (tertiary/aromatic N) is 2. The molecule has 6 heteroatoms. The predicted molar refractivity (Wildman–Crippen MR) is 75.4 cm³/mol. The highest BCUT2D eigenvalue weighted by atomic mass is 35.5. The van der Waals surface area contributed by atoms with Crippen LogP contribution in [0.1, 0.15) is 5.56 Å². The van der Waals surface area contributed by atoms with Crippen molar-refractivity contribution >= 4 is 12.1 Å². The fourth-order valence-corrected chi connectivity index (χ4v) is 1.61. The van der Waals surface area contributed by atoms with Crippen LogP contribution in [0.15, 0.2) is 60.0 Å². The zero-order valence-electron chi connectivity index (χ0n) is 11.6. The first-order valence-electron chi connectivity index (χ1n) is 6.18. The number of rotatable bonds is 5. The summed E-state index contributed by atoms with van der Waals surface area (Å²) in [5.41, 5.74) is 3.37. The number of methoxy groups -OCH3 is 1. The number of hydrazone groups is 1. The molecular weight excluding hydrogens is 290 g/mol. The van der Waals surface area contributed by atoms with E-state index >= 15 is 0 Å². The first-order chi connectivity index (χ1) is 9.78. The van der Waals surface area contributed by atoms with Crippen molar-refractivity contribution in [2.45, 2.75) is 6.54 Å². The van der Waals surface area contributed by atoms with Crippen molar-refractivity contribution in [1.29, 1.82) is 0 Å². The van der Waals surface area contributed by atoms with Crippen LogP contribution in [0.2, 0.25) is 0 Å². The quantitative estimate of drug-likeness (QED) is 0.400. The summed E-state index contributed by atoms with van der Waals surface area (Å²) in [4.78, 5) is 11.6. The highest BCUT2D eigenvalue weighted by Gasteiger charge is 2.06. The second-order valence-electron chi connectivity index (χ2n) is 4.11. The number of benzene rings is 1. The van der Waals surface area contributed by atoms with Gasteiger partial charge in [0.25, 0.3) is 0 Å². The Balaban J connectivity index is 0.00000220. The van der Waals surface area contributed by atoms with E-state index < -0.39 is 0 Å². The molecule has 2 aromatic rings. The third-order valence-corrected chi connectivity index (χ3v) is 2.62. The van der Waals surface area contributed by atoms with E-state index in [0.29, 0.717) is 0 Å². The molecule has 0 fully saturated rings. The van der Waals surface area contributed by atoms with Crippen molar-refractivity contribution in [3.05, 3.63) is 60.4 Å². The molecule has 1 aromatic heterocycles. The smallest absolute Gasteiger partial charge is 0.305 e. The van der Waals surface area contributed by atoms with Gasteiger partial charge in [-0.25, -0.2) is 5.43 Å². The molecule has 0 saturated carbocycles. The molecule has 0 bridgehead atoms. The SMILES string of the molecule is COc1ccc(/C=N\NC(=O)C[n+]2ccccc2)cc1.[Cl-]. The van der Waals surface area contributed by atoms with Crippen LogP contribution in [0, 0.1) is 0 Å². The molecule has 0 spiro atoms. The van der Waals surface area contributed by atoms with Crippen LogP contribution in [-0.2, 0) is 11.3 Å². The summed E-state index contributed by atoms with van der Waals surface area (Å²) < 4.78 is 6.84. The Morgan fingerprint density at radius 3 is 2.52 bits per heavy atom. The normalized spacial score (nSPS) is 9.95. The molecule has 0 radical (unpaired) electrons. The van der Waals surface area contributed by atoms with Crippen LogP contribution in [0.4, 0.5) is 0 Å². The molecule has 0 aliphatic heterocycles. The van der Waals surface area contributed by atoms with E-state index in [0.717, 1.165) is 11.3 Å². The molecule has 0 saturated heterocycles. The monoisotopic (exact) mass is 305 g/mol. The standard InChI is InChI=1S/C15H15N3O2.ClH/c1-20-14-7-5-13(6-8-14)11-16-17-15(19)12-18-9-3-2-4-10-18;/h2-11H,12H2,1H3;1H/b16-11-;. The maximum absolute atomic E-state index is 11.6. The molecule has 2 rings (SSSR count). The van der Waals surface area contributed by atoms with Gasteiger partial charge in [-0.3, -0.25) is 4.79 Å². The second-order valence-corrected chi connectivity index (χ2v) is 4.11. The zero-order chi connectivity index (χ0) is 14.2. The van der Waals surface area contributed by atoms with Crippen molar-refractivity contribution in [3.8, 4) is 5.75 Å². The van der Waals surface area contributed by atoms with Gasteiger partial charge in [0.15, 0.2) is 12.4 Å². The molecule has 1 N–H and O–H groups in total. The maximum atomic E-state index is 11.6. The minimum absolute atomic E-state index is 0. The highest BCUT2D eigenvalue weighted by molar-refractivity contribution is 5.82. The number of hydrogen-bond acceptors (Lipinski definition) is 3. The fraction of sp³-hybridized carbons (Fsp3) is 0.133. The van der Waals surface area contributed by atoms with Crippen LogP contribution in [0.5, 0.6) is 5.75 Å². The Morgan fingerprint density at radius 2 is 1.90 bits per heavy atom. The fourth-order valence-electron chi connectivity index (χ4n) is 1.61. The van der Waals surface area contributed by atoms with Crippen LogP contribution >= 0.6 is 0 Å². The Morgan fingerprint density at radius 1 is 1.24 bits per heavy atom. The number of hydrogen-bond donors (Lipinski definition) is 1. The van der Waals surface area contributed by atoms with Crippen LogP contribution in [-0.4, -0.2) is 19.2 Å². The molecule has 1 aromatic carbocycles. The largest absolute Gasteiger partial charge is 1.00 e. The summed E-state index contributed by atoms with van der Waals surface area (Å²) in [6.45, 7) is 0.237. The molecule has 5 nitrogen and oxygen atoms in total. The lowest BCUT2D eigenvalue weighted by Gasteiger charge is -1.99. The van der Waals surface area contributed by atoms with Crippen molar-refractivity contribution in [3.63, 3.8) is 0 Å². The van der Waals surface area contributed by atoms with Gasteiger partial charge in [0.1, 0.15) is 5.75 Å². The van der Waals surface area contributed by atoms with Gasteiger partial charge in [0.05, 0.1) is 13.3 Å². The first-order valence-corrected chi connectivity index (χ1v) is 6.18. The van der Waals surface area contributed by atoms with E-state index in [1.165, 1.54) is 0 Å². The second kappa shape index (κ2) is 8.71. The molecule has 110 valence electrons. The topological polar surface area (TPSA) is 54.6 Å². The van der Waals surface area contributed by atoms with Gasteiger partial charge in [-0.15, -0.1) is 0 Å². The van der Waals surface area contributed by atoms with Crippen LogP contribution < -0.4 is 27.1 Å². The van der Waals surface area contributed by atoms with Gasteiger partial charge in [0, 0.05) is 12.1 Å². The van der Waals surface area contributed by atoms with Crippen LogP contribution in [0.3, 0.4) is 0 Å². The Kier molecular flexibility index (Phi) is 6.91. The highest BCUT2D eigenvalue weighted by Crippen LogP contribution is 2.09. The number of carbonyl (C=O) groups excluding carboxylic acids is 1. The number of ether oxygens (including phenoxy) is 1. The predicted octanol–water partition coefficient (Wildman–Crippen LogP) is -1.86. The third-order valence-electron chi connectivity index (χ3n) is 2.62. The number of nitrogens with one attached hydrogen (secondary N) is 1. The molecule has 1 heterocycles. The van der Waals surface area contributed by atoms with E-state index in [-0.39, 0.29) is 24.9 Å². The number of carbonyl (C=O) groups is 1. The van der Waals surface area contributed by atoms with Gasteiger partial charge in [0.2, 0.25) is 6.54 Å². The molecule has 0 atom stereocenters.